The summed E-state index contributed by atoms with van der Waals surface area (Å²) in [4.78, 5) is 11.3. The van der Waals surface area contributed by atoms with Crippen LogP contribution in [0.4, 0.5) is 17.6 Å². The predicted octanol–water partition coefficient (Wildman–Crippen LogP) is 3.77. The molecular formula is C14H13ClF4O4. The molecule has 23 heavy (non-hydrogen) atoms. The summed E-state index contributed by atoms with van der Waals surface area (Å²) in [6, 6.07) is 2.11. The number of carboxylic acid groups (broad SMARTS) is 1. The Labute approximate surface area is 133 Å². The minimum Gasteiger partial charge on any atom is -0.495 e. The number of hydrogen-bond donors (Lipinski definition) is 1. The van der Waals surface area contributed by atoms with E-state index < -0.39 is 47.0 Å². The van der Waals surface area contributed by atoms with Crippen molar-refractivity contribution in [3.05, 3.63) is 28.5 Å². The minimum absolute atomic E-state index is 0.0549. The molecule has 0 radical (unpaired) electrons. The molecule has 1 aromatic rings. The maximum absolute atomic E-state index is 13.5. The highest BCUT2D eigenvalue weighted by Gasteiger charge is 2.61. The zero-order valence-corrected chi connectivity index (χ0v) is 12.8. The van der Waals surface area contributed by atoms with Gasteiger partial charge >= 0.3 is 12.1 Å². The zero-order valence-electron chi connectivity index (χ0n) is 12.1. The summed E-state index contributed by atoms with van der Waals surface area (Å²) in [5.41, 5.74) is -2.58. The third-order valence-corrected chi connectivity index (χ3v) is 4.24. The number of alkyl halides is 3. The molecule has 3 unspecified atom stereocenters. The monoisotopic (exact) mass is 356 g/mol. The zero-order chi connectivity index (χ0) is 17.6. The van der Waals surface area contributed by atoms with Crippen LogP contribution < -0.4 is 4.74 Å². The Hall–Kier alpha value is -1.54. The molecule has 1 saturated heterocycles. The molecule has 0 bridgehead atoms. The largest absolute Gasteiger partial charge is 0.495 e. The van der Waals surface area contributed by atoms with E-state index >= 15 is 0 Å². The van der Waals surface area contributed by atoms with Crippen LogP contribution in [-0.4, -0.2) is 36.1 Å². The Balaban J connectivity index is 2.53. The first-order valence-corrected chi connectivity index (χ1v) is 6.89. The molecule has 1 heterocycles. The molecule has 128 valence electrons. The second-order valence-electron chi connectivity index (χ2n) is 5.40. The van der Waals surface area contributed by atoms with Crippen LogP contribution in [-0.2, 0) is 9.53 Å². The van der Waals surface area contributed by atoms with Crippen LogP contribution in [0.15, 0.2) is 12.1 Å². The van der Waals surface area contributed by atoms with Crippen LogP contribution in [0.5, 0.6) is 5.75 Å². The topological polar surface area (TPSA) is 55.8 Å². The van der Waals surface area contributed by atoms with E-state index in [0.29, 0.717) is 0 Å². The lowest BCUT2D eigenvalue weighted by Gasteiger charge is -2.26. The normalized spacial score (nSPS) is 28.0. The first kappa shape index (κ1) is 17.8. The average Bonchev–Trinajstić information content (AvgIpc) is 2.81. The van der Waals surface area contributed by atoms with Crippen molar-refractivity contribution in [2.24, 2.45) is 0 Å². The van der Waals surface area contributed by atoms with E-state index in [0.717, 1.165) is 19.1 Å². The number of carboxylic acids is 1. The van der Waals surface area contributed by atoms with Gasteiger partial charge in [-0.1, -0.05) is 17.7 Å². The summed E-state index contributed by atoms with van der Waals surface area (Å²) < 4.78 is 62.7. The van der Waals surface area contributed by atoms with Gasteiger partial charge in [-0.15, -0.1) is 0 Å². The number of carbonyl (C=O) groups is 1. The number of hydrogen-bond acceptors (Lipinski definition) is 3. The van der Waals surface area contributed by atoms with Gasteiger partial charge in [0.25, 0.3) is 0 Å². The smallest absolute Gasteiger partial charge is 0.417 e. The van der Waals surface area contributed by atoms with Gasteiger partial charge < -0.3 is 14.6 Å². The summed E-state index contributed by atoms with van der Waals surface area (Å²) >= 11 is 5.75. The highest BCUT2D eigenvalue weighted by molar-refractivity contribution is 6.32. The molecule has 1 N–H and O–H groups in total. The van der Waals surface area contributed by atoms with E-state index in [4.69, 9.17) is 21.1 Å². The summed E-state index contributed by atoms with van der Waals surface area (Å²) in [6.45, 7) is 0.778. The van der Waals surface area contributed by atoms with Crippen LogP contribution in [0.2, 0.25) is 5.02 Å². The third kappa shape index (κ3) is 2.97. The summed E-state index contributed by atoms with van der Waals surface area (Å²) in [7, 11) is 1.17. The van der Waals surface area contributed by atoms with Crippen LogP contribution in [0, 0.1) is 5.82 Å². The third-order valence-electron chi connectivity index (χ3n) is 3.89. The fourth-order valence-electron chi connectivity index (χ4n) is 2.66. The lowest BCUT2D eigenvalue weighted by molar-refractivity contribution is -0.263. The van der Waals surface area contributed by atoms with Gasteiger partial charge in [-0.2, -0.15) is 13.2 Å². The Bertz CT molecular complexity index is 634. The Morgan fingerprint density at radius 2 is 2.09 bits per heavy atom. The average molecular weight is 357 g/mol. The van der Waals surface area contributed by atoms with Crippen molar-refractivity contribution in [1.82, 2.24) is 0 Å². The molecule has 0 amide bonds. The van der Waals surface area contributed by atoms with Gasteiger partial charge in [0.1, 0.15) is 16.6 Å². The van der Waals surface area contributed by atoms with E-state index in [1.807, 2.05) is 0 Å². The van der Waals surface area contributed by atoms with Crippen molar-refractivity contribution in [3.63, 3.8) is 0 Å². The molecule has 1 aliphatic heterocycles. The Kier molecular flexibility index (Phi) is 4.51. The Morgan fingerprint density at radius 3 is 2.57 bits per heavy atom. The maximum Gasteiger partial charge on any atom is 0.417 e. The molecule has 1 fully saturated rings. The summed E-state index contributed by atoms with van der Waals surface area (Å²) in [6.07, 6.45) is -7.16. The molecule has 1 aromatic carbocycles. The van der Waals surface area contributed by atoms with Crippen LogP contribution in [0.1, 0.15) is 24.8 Å². The standard InChI is InChI=1S/C14H13ClF4O4/c1-13(14(17,18)19)5-7(11(23-13)12(20)21)6-3-4-8(16)9(15)10(6)22-2/h3-4,7,11H,5H2,1-2H3,(H,20,21). The van der Waals surface area contributed by atoms with Crippen molar-refractivity contribution >= 4 is 17.6 Å². The van der Waals surface area contributed by atoms with Crippen molar-refractivity contribution in [1.29, 1.82) is 0 Å². The first-order valence-electron chi connectivity index (χ1n) is 6.51. The van der Waals surface area contributed by atoms with Gasteiger partial charge in [0.05, 0.1) is 7.11 Å². The van der Waals surface area contributed by atoms with Gasteiger partial charge in [-0.25, -0.2) is 9.18 Å². The molecule has 4 nitrogen and oxygen atoms in total. The predicted molar refractivity (Wildman–Crippen MR) is 72.3 cm³/mol. The second-order valence-corrected chi connectivity index (χ2v) is 5.78. The van der Waals surface area contributed by atoms with Gasteiger partial charge in [0.2, 0.25) is 0 Å². The lowest BCUT2D eigenvalue weighted by atomic mass is 9.86. The number of halogens is 5. The molecule has 3 atom stereocenters. The van der Waals surface area contributed by atoms with E-state index in [1.54, 1.807) is 0 Å². The molecule has 0 spiro atoms. The number of ether oxygens (including phenoxy) is 2. The molecular weight excluding hydrogens is 344 g/mol. The first-order chi connectivity index (χ1) is 10.5. The summed E-state index contributed by atoms with van der Waals surface area (Å²) in [5, 5.41) is 8.77. The van der Waals surface area contributed by atoms with E-state index in [2.05, 4.69) is 0 Å². The lowest BCUT2D eigenvalue weighted by Crippen LogP contribution is -2.42. The fraction of sp³-hybridized carbons (Fsp3) is 0.500. The van der Waals surface area contributed by atoms with E-state index in [1.165, 1.54) is 7.11 Å². The maximum atomic E-state index is 13.5. The second kappa shape index (κ2) is 5.83. The number of methoxy groups -OCH3 is 1. The van der Waals surface area contributed by atoms with E-state index in [9.17, 15) is 27.5 Å². The SMILES string of the molecule is COc1c(C2CC(C)(C(F)(F)F)OC2C(=O)O)ccc(F)c1Cl. The molecule has 9 heteroatoms. The number of aliphatic carboxylic acids is 1. The van der Waals surface area contributed by atoms with Crippen LogP contribution in [0.3, 0.4) is 0 Å². The fourth-order valence-corrected chi connectivity index (χ4v) is 2.91. The molecule has 0 aromatic heterocycles. The minimum atomic E-state index is -4.76. The van der Waals surface area contributed by atoms with Crippen LogP contribution in [0.25, 0.3) is 0 Å². The van der Waals surface area contributed by atoms with Gasteiger partial charge in [-0.3, -0.25) is 0 Å². The van der Waals surface area contributed by atoms with Crippen LogP contribution >= 0.6 is 11.6 Å². The highest BCUT2D eigenvalue weighted by atomic mass is 35.5. The molecule has 0 aliphatic carbocycles. The molecule has 2 rings (SSSR count). The van der Waals surface area contributed by atoms with Crippen molar-refractivity contribution in [2.45, 2.75) is 37.1 Å². The van der Waals surface area contributed by atoms with Gasteiger partial charge in [-0.05, 0) is 19.4 Å². The summed E-state index contributed by atoms with van der Waals surface area (Å²) in [5.74, 6) is -3.76. The molecule has 1 aliphatic rings. The van der Waals surface area contributed by atoms with Crippen molar-refractivity contribution < 1.29 is 36.9 Å². The Morgan fingerprint density at radius 1 is 1.48 bits per heavy atom. The van der Waals surface area contributed by atoms with Gasteiger partial charge in [0.15, 0.2) is 11.7 Å². The number of benzene rings is 1. The van der Waals surface area contributed by atoms with E-state index in [-0.39, 0.29) is 11.3 Å². The quantitative estimate of drug-likeness (QED) is 0.838. The van der Waals surface area contributed by atoms with Crippen molar-refractivity contribution in [2.75, 3.05) is 7.11 Å². The highest BCUT2D eigenvalue weighted by Crippen LogP contribution is 2.51. The van der Waals surface area contributed by atoms with Gasteiger partial charge in [0, 0.05) is 11.5 Å². The molecule has 0 saturated carbocycles. The van der Waals surface area contributed by atoms with Crippen molar-refractivity contribution in [3.8, 4) is 5.75 Å². The number of rotatable bonds is 3.